The van der Waals surface area contributed by atoms with Crippen LogP contribution in [0.5, 0.6) is 5.75 Å². The quantitative estimate of drug-likeness (QED) is 0.351. The smallest absolute Gasteiger partial charge is 0.225 e. The predicted molar refractivity (Wildman–Crippen MR) is 137 cm³/mol. The molecule has 2 aromatic carbocycles. The maximum Gasteiger partial charge on any atom is 0.225 e. The number of pyridine rings is 1. The zero-order valence-corrected chi connectivity index (χ0v) is 20.4. The average Bonchev–Trinajstić information content (AvgIpc) is 3.53. The molecule has 2 aliphatic rings. The highest BCUT2D eigenvalue weighted by atomic mass is 35.5. The number of ether oxygens (including phenoxy) is 1. The highest BCUT2D eigenvalue weighted by molar-refractivity contribution is 6.33. The number of rotatable bonds is 6. The Bertz CT molecular complexity index is 1390. The Labute approximate surface area is 209 Å². The molecule has 7 heteroatoms. The van der Waals surface area contributed by atoms with Crippen molar-refractivity contribution in [3.63, 3.8) is 0 Å². The van der Waals surface area contributed by atoms with Crippen molar-refractivity contribution in [2.75, 3.05) is 20.2 Å². The number of aromatic nitrogens is 3. The lowest BCUT2D eigenvalue weighted by Crippen LogP contribution is -2.30. The van der Waals surface area contributed by atoms with Crippen molar-refractivity contribution < 1.29 is 9.53 Å². The van der Waals surface area contributed by atoms with Crippen molar-refractivity contribution in [3.05, 3.63) is 65.8 Å². The van der Waals surface area contributed by atoms with Crippen LogP contribution in [-0.2, 0) is 11.3 Å². The van der Waals surface area contributed by atoms with E-state index in [2.05, 4.69) is 44.8 Å². The van der Waals surface area contributed by atoms with Crippen LogP contribution in [0.15, 0.2) is 60.8 Å². The van der Waals surface area contributed by atoms with Gasteiger partial charge < -0.3 is 14.2 Å². The molecule has 1 unspecified atom stereocenters. The molecule has 35 heavy (non-hydrogen) atoms. The van der Waals surface area contributed by atoms with E-state index in [4.69, 9.17) is 21.3 Å². The maximum absolute atomic E-state index is 12.5. The fourth-order valence-electron chi connectivity index (χ4n) is 5.05. The van der Waals surface area contributed by atoms with Gasteiger partial charge in [0.05, 0.1) is 17.6 Å². The maximum atomic E-state index is 12.5. The van der Waals surface area contributed by atoms with Crippen LogP contribution in [0.25, 0.3) is 33.7 Å². The van der Waals surface area contributed by atoms with Crippen LogP contribution in [0.4, 0.5) is 0 Å². The first-order valence-corrected chi connectivity index (χ1v) is 12.5. The van der Waals surface area contributed by atoms with Crippen molar-refractivity contribution in [1.29, 1.82) is 0 Å². The average molecular weight is 487 g/mol. The molecule has 4 aromatic rings. The van der Waals surface area contributed by atoms with E-state index in [1.54, 1.807) is 13.3 Å². The van der Waals surface area contributed by atoms with Crippen molar-refractivity contribution in [3.8, 4) is 28.3 Å². The number of hydrogen-bond acceptors (Lipinski definition) is 4. The second-order valence-electron chi connectivity index (χ2n) is 9.53. The molecule has 0 bridgehead atoms. The van der Waals surface area contributed by atoms with Crippen molar-refractivity contribution in [2.45, 2.75) is 25.8 Å². The number of likely N-dealkylation sites (tertiary alicyclic amines) is 1. The molecule has 2 fully saturated rings. The number of nitrogens with zero attached hydrogens (tertiary/aromatic N) is 4. The third-order valence-corrected chi connectivity index (χ3v) is 7.43. The Kier molecular flexibility index (Phi) is 5.69. The SMILES string of the molecule is COc1ccc(-c2ccc(-c3nc4ncccc4n3CC3CCN(C(=O)C4CC4)C3)cc2)c(Cl)c1. The Balaban J connectivity index is 1.30. The normalized spacial score (nSPS) is 17.8. The summed E-state index contributed by atoms with van der Waals surface area (Å²) in [7, 11) is 1.63. The van der Waals surface area contributed by atoms with E-state index >= 15 is 0 Å². The van der Waals surface area contributed by atoms with Crippen LogP contribution < -0.4 is 4.74 Å². The van der Waals surface area contributed by atoms with E-state index in [1.807, 2.05) is 24.3 Å². The van der Waals surface area contributed by atoms with Crippen LogP contribution >= 0.6 is 11.6 Å². The summed E-state index contributed by atoms with van der Waals surface area (Å²) in [6, 6.07) is 18.1. The second-order valence-corrected chi connectivity index (χ2v) is 9.94. The summed E-state index contributed by atoms with van der Waals surface area (Å²) in [5.41, 5.74) is 4.79. The summed E-state index contributed by atoms with van der Waals surface area (Å²) < 4.78 is 7.54. The molecular formula is C28H27ClN4O2. The van der Waals surface area contributed by atoms with E-state index < -0.39 is 0 Å². The van der Waals surface area contributed by atoms with Crippen molar-refractivity contribution in [2.24, 2.45) is 11.8 Å². The number of carbonyl (C=O) groups excluding carboxylic acids is 1. The summed E-state index contributed by atoms with van der Waals surface area (Å²) in [5.74, 6) is 2.67. The van der Waals surface area contributed by atoms with Gasteiger partial charge in [0, 0.05) is 42.9 Å². The highest BCUT2D eigenvalue weighted by Crippen LogP contribution is 2.35. The van der Waals surface area contributed by atoms with Gasteiger partial charge in [0.1, 0.15) is 11.6 Å². The lowest BCUT2D eigenvalue weighted by molar-refractivity contribution is -0.131. The summed E-state index contributed by atoms with van der Waals surface area (Å²) >= 11 is 6.50. The van der Waals surface area contributed by atoms with Crippen LogP contribution in [0, 0.1) is 11.8 Å². The summed E-state index contributed by atoms with van der Waals surface area (Å²) in [4.78, 5) is 24.0. The summed E-state index contributed by atoms with van der Waals surface area (Å²) in [6.07, 6.45) is 4.91. The molecule has 1 saturated heterocycles. The molecule has 6 nitrogen and oxygen atoms in total. The number of imidazole rings is 1. The molecule has 0 radical (unpaired) electrons. The molecule has 1 atom stereocenters. The van der Waals surface area contributed by atoms with E-state index in [-0.39, 0.29) is 5.92 Å². The van der Waals surface area contributed by atoms with Gasteiger partial charge in [-0.25, -0.2) is 9.97 Å². The second kappa shape index (κ2) is 9.00. The minimum absolute atomic E-state index is 0.278. The van der Waals surface area contributed by atoms with Gasteiger partial charge in [0.15, 0.2) is 5.65 Å². The molecule has 0 spiro atoms. The molecule has 3 heterocycles. The van der Waals surface area contributed by atoms with Gasteiger partial charge in [-0.3, -0.25) is 4.79 Å². The minimum Gasteiger partial charge on any atom is -0.497 e. The molecule has 1 aliphatic carbocycles. The number of halogens is 1. The monoisotopic (exact) mass is 486 g/mol. The first kappa shape index (κ1) is 22.1. The van der Waals surface area contributed by atoms with E-state index in [9.17, 15) is 4.79 Å². The van der Waals surface area contributed by atoms with E-state index in [0.717, 1.165) is 78.3 Å². The molecule has 6 rings (SSSR count). The number of amides is 1. The van der Waals surface area contributed by atoms with Gasteiger partial charge >= 0.3 is 0 Å². The number of methoxy groups -OCH3 is 1. The van der Waals surface area contributed by atoms with Crippen LogP contribution in [-0.4, -0.2) is 45.5 Å². The van der Waals surface area contributed by atoms with Crippen molar-refractivity contribution in [1.82, 2.24) is 19.4 Å². The largest absolute Gasteiger partial charge is 0.497 e. The van der Waals surface area contributed by atoms with E-state index in [1.165, 1.54) is 0 Å². The molecule has 1 aliphatic heterocycles. The first-order valence-electron chi connectivity index (χ1n) is 12.1. The Morgan fingerprint density at radius 1 is 1.09 bits per heavy atom. The molecular weight excluding hydrogens is 460 g/mol. The van der Waals surface area contributed by atoms with Gasteiger partial charge in [-0.05, 0) is 61.1 Å². The number of benzene rings is 2. The molecule has 0 N–H and O–H groups in total. The predicted octanol–water partition coefficient (Wildman–Crippen LogP) is 5.69. The lowest BCUT2D eigenvalue weighted by Gasteiger charge is -2.18. The standard InChI is InChI=1S/C28H27ClN4O2/c1-35-22-10-11-23(24(29)15-22)19-4-6-20(7-5-19)27-31-26-25(3-2-13-30-26)33(27)17-18-12-14-32(16-18)28(34)21-8-9-21/h2-7,10-11,13,15,18,21H,8-9,12,14,16-17H2,1H3. The Hall–Kier alpha value is -3.38. The third kappa shape index (κ3) is 4.27. The molecule has 1 saturated carbocycles. The van der Waals surface area contributed by atoms with Gasteiger partial charge in [-0.1, -0.05) is 35.9 Å². The first-order chi connectivity index (χ1) is 17.1. The van der Waals surface area contributed by atoms with Crippen LogP contribution in [0.3, 0.4) is 0 Å². The minimum atomic E-state index is 0.278. The number of fused-ring (bicyclic) bond motifs is 1. The molecule has 2 aromatic heterocycles. The number of hydrogen-bond donors (Lipinski definition) is 0. The fraction of sp³-hybridized carbons (Fsp3) is 0.321. The van der Waals surface area contributed by atoms with Crippen LogP contribution in [0.2, 0.25) is 5.02 Å². The zero-order chi connectivity index (χ0) is 23.9. The van der Waals surface area contributed by atoms with Gasteiger partial charge in [-0.15, -0.1) is 0 Å². The van der Waals surface area contributed by atoms with Crippen LogP contribution in [0.1, 0.15) is 19.3 Å². The third-order valence-electron chi connectivity index (χ3n) is 7.12. The summed E-state index contributed by atoms with van der Waals surface area (Å²) in [6.45, 7) is 2.50. The Morgan fingerprint density at radius 2 is 1.89 bits per heavy atom. The lowest BCUT2D eigenvalue weighted by atomic mass is 10.0. The summed E-state index contributed by atoms with van der Waals surface area (Å²) in [5, 5.41) is 0.653. The van der Waals surface area contributed by atoms with Gasteiger partial charge in [0.25, 0.3) is 0 Å². The molecule has 178 valence electrons. The topological polar surface area (TPSA) is 60.3 Å². The highest BCUT2D eigenvalue weighted by Gasteiger charge is 2.36. The van der Waals surface area contributed by atoms with Gasteiger partial charge in [0.2, 0.25) is 5.91 Å². The van der Waals surface area contributed by atoms with Crippen molar-refractivity contribution >= 4 is 28.7 Å². The number of carbonyl (C=O) groups is 1. The zero-order valence-electron chi connectivity index (χ0n) is 19.7. The fourth-order valence-corrected chi connectivity index (χ4v) is 5.33. The molecule has 1 amide bonds. The van der Waals surface area contributed by atoms with Gasteiger partial charge in [-0.2, -0.15) is 0 Å². The van der Waals surface area contributed by atoms with E-state index in [0.29, 0.717) is 16.8 Å². The Morgan fingerprint density at radius 3 is 2.63 bits per heavy atom.